The Kier molecular flexibility index (Phi) is 4.46. The minimum Gasteiger partial charge on any atom is -0.497 e. The minimum absolute atomic E-state index is 0.357. The van der Waals surface area contributed by atoms with Gasteiger partial charge in [-0.3, -0.25) is 4.79 Å². The van der Waals surface area contributed by atoms with Crippen molar-refractivity contribution in [3.8, 4) is 17.6 Å². The van der Waals surface area contributed by atoms with Crippen LogP contribution in [0.1, 0.15) is 22.1 Å². The van der Waals surface area contributed by atoms with Crippen molar-refractivity contribution in [2.75, 3.05) is 14.2 Å². The molecule has 0 saturated heterocycles. The molecule has 1 heterocycles. The molecule has 108 valence electrons. The largest absolute Gasteiger partial charge is 0.497 e. The summed E-state index contributed by atoms with van der Waals surface area (Å²) in [4.78, 5) is 14.8. The van der Waals surface area contributed by atoms with Gasteiger partial charge in [0.05, 0.1) is 20.3 Å². The number of H-pyrrole nitrogens is 1. The van der Waals surface area contributed by atoms with Gasteiger partial charge in [0.2, 0.25) is 0 Å². The predicted octanol–water partition coefficient (Wildman–Crippen LogP) is 2.03. The molecule has 21 heavy (non-hydrogen) atoms. The number of rotatable bonds is 5. The first-order valence-corrected chi connectivity index (χ1v) is 6.25. The Morgan fingerprint density at radius 3 is 2.71 bits per heavy atom. The summed E-state index contributed by atoms with van der Waals surface area (Å²) in [6, 6.07) is 9.66. The number of benzene rings is 1. The molecule has 2 aromatic rings. The first-order chi connectivity index (χ1) is 10.2. The molecule has 1 amide bonds. The van der Waals surface area contributed by atoms with Crippen LogP contribution in [0.5, 0.6) is 11.5 Å². The molecule has 6 nitrogen and oxygen atoms in total. The molecule has 2 N–H and O–H groups in total. The summed E-state index contributed by atoms with van der Waals surface area (Å²) >= 11 is 0. The average molecular weight is 285 g/mol. The number of hydrogen-bond donors (Lipinski definition) is 2. The van der Waals surface area contributed by atoms with Crippen molar-refractivity contribution >= 4 is 5.91 Å². The second kappa shape index (κ2) is 6.48. The molecule has 6 heteroatoms. The van der Waals surface area contributed by atoms with Crippen LogP contribution in [-0.4, -0.2) is 25.1 Å². The summed E-state index contributed by atoms with van der Waals surface area (Å²) in [5, 5.41) is 12.0. The second-order valence-corrected chi connectivity index (χ2v) is 4.23. The summed E-state index contributed by atoms with van der Waals surface area (Å²) in [5.41, 5.74) is 0.962. The first kappa shape index (κ1) is 14.5. The van der Waals surface area contributed by atoms with Crippen LogP contribution in [0.3, 0.4) is 0 Å². The second-order valence-electron chi connectivity index (χ2n) is 4.23. The topological polar surface area (TPSA) is 87.1 Å². The fourth-order valence-corrected chi connectivity index (χ4v) is 1.92. The van der Waals surface area contributed by atoms with Gasteiger partial charge in [-0.1, -0.05) is 0 Å². The Morgan fingerprint density at radius 1 is 1.33 bits per heavy atom. The van der Waals surface area contributed by atoms with Crippen molar-refractivity contribution in [1.82, 2.24) is 10.3 Å². The molecular formula is C15H15N3O3. The number of hydrogen-bond acceptors (Lipinski definition) is 4. The van der Waals surface area contributed by atoms with Gasteiger partial charge in [-0.2, -0.15) is 5.26 Å². The lowest BCUT2D eigenvalue weighted by molar-refractivity contribution is 0.0940. The summed E-state index contributed by atoms with van der Waals surface area (Å²) in [7, 11) is 3.04. The van der Waals surface area contributed by atoms with Crippen molar-refractivity contribution in [2.45, 2.75) is 6.04 Å². The lowest BCUT2D eigenvalue weighted by atomic mass is 10.1. The van der Waals surface area contributed by atoms with E-state index in [1.165, 1.54) is 7.11 Å². The molecule has 0 bridgehead atoms. The molecule has 0 saturated carbocycles. The highest BCUT2D eigenvalue weighted by molar-refractivity contribution is 5.92. The third kappa shape index (κ3) is 3.15. The van der Waals surface area contributed by atoms with E-state index < -0.39 is 6.04 Å². The van der Waals surface area contributed by atoms with E-state index in [1.807, 2.05) is 0 Å². The van der Waals surface area contributed by atoms with Crippen LogP contribution < -0.4 is 14.8 Å². The van der Waals surface area contributed by atoms with Crippen molar-refractivity contribution in [2.24, 2.45) is 0 Å². The fourth-order valence-electron chi connectivity index (χ4n) is 1.92. The van der Waals surface area contributed by atoms with E-state index in [2.05, 4.69) is 16.4 Å². The van der Waals surface area contributed by atoms with Crippen LogP contribution in [0.4, 0.5) is 0 Å². The van der Waals surface area contributed by atoms with Crippen LogP contribution in [0.25, 0.3) is 0 Å². The SMILES string of the molecule is COc1ccc([C@H](C#N)NC(=O)c2ccc[nH]2)c(OC)c1. The Labute approximate surface area is 122 Å². The van der Waals surface area contributed by atoms with E-state index >= 15 is 0 Å². The van der Waals surface area contributed by atoms with E-state index in [1.54, 1.807) is 43.6 Å². The Balaban J connectivity index is 2.25. The molecule has 1 aromatic heterocycles. The maximum atomic E-state index is 12.0. The molecule has 0 aliphatic heterocycles. The van der Waals surface area contributed by atoms with Crippen LogP contribution in [-0.2, 0) is 0 Å². The Hall–Kier alpha value is -2.94. The van der Waals surface area contributed by atoms with Crippen molar-refractivity contribution in [1.29, 1.82) is 5.26 Å². The van der Waals surface area contributed by atoms with Crippen LogP contribution in [0.15, 0.2) is 36.5 Å². The number of aromatic amines is 1. The molecule has 2 rings (SSSR count). The Morgan fingerprint density at radius 2 is 2.14 bits per heavy atom. The van der Waals surface area contributed by atoms with Crippen molar-refractivity contribution in [3.05, 3.63) is 47.8 Å². The van der Waals surface area contributed by atoms with Crippen LogP contribution in [0.2, 0.25) is 0 Å². The number of carbonyl (C=O) groups is 1. The van der Waals surface area contributed by atoms with E-state index in [-0.39, 0.29) is 5.91 Å². The average Bonchev–Trinajstić information content (AvgIpc) is 3.06. The molecule has 0 spiro atoms. The summed E-state index contributed by atoms with van der Waals surface area (Å²) < 4.78 is 10.4. The molecule has 0 fully saturated rings. The third-order valence-electron chi connectivity index (χ3n) is 3.00. The van der Waals surface area contributed by atoms with Crippen molar-refractivity contribution < 1.29 is 14.3 Å². The molecule has 0 aliphatic rings. The van der Waals surface area contributed by atoms with Gasteiger partial charge in [0, 0.05) is 17.8 Å². The zero-order valence-corrected chi connectivity index (χ0v) is 11.7. The van der Waals surface area contributed by atoms with Crippen LogP contribution >= 0.6 is 0 Å². The molecule has 0 aliphatic carbocycles. The van der Waals surface area contributed by atoms with Crippen LogP contribution in [0, 0.1) is 11.3 Å². The van der Waals surface area contributed by atoms with E-state index in [0.29, 0.717) is 22.8 Å². The molecule has 1 aromatic carbocycles. The summed E-state index contributed by atoms with van der Waals surface area (Å²) in [6.45, 7) is 0. The monoisotopic (exact) mass is 285 g/mol. The smallest absolute Gasteiger partial charge is 0.268 e. The highest BCUT2D eigenvalue weighted by Gasteiger charge is 2.19. The normalized spacial score (nSPS) is 11.3. The van der Waals surface area contributed by atoms with Gasteiger partial charge < -0.3 is 19.8 Å². The minimum atomic E-state index is -0.818. The maximum absolute atomic E-state index is 12.0. The number of methoxy groups -OCH3 is 2. The summed E-state index contributed by atoms with van der Waals surface area (Å²) in [6.07, 6.45) is 1.64. The molecule has 1 atom stereocenters. The quantitative estimate of drug-likeness (QED) is 0.880. The highest BCUT2D eigenvalue weighted by atomic mass is 16.5. The van der Waals surface area contributed by atoms with Crippen molar-refractivity contribution in [3.63, 3.8) is 0 Å². The van der Waals surface area contributed by atoms with Gasteiger partial charge in [-0.15, -0.1) is 0 Å². The summed E-state index contributed by atoms with van der Waals surface area (Å²) in [5.74, 6) is 0.736. The number of nitrogens with one attached hydrogen (secondary N) is 2. The Bertz CT molecular complexity index is 659. The lowest BCUT2D eigenvalue weighted by Crippen LogP contribution is -2.28. The number of ether oxygens (including phenoxy) is 2. The number of nitrogens with zero attached hydrogens (tertiary/aromatic N) is 1. The first-order valence-electron chi connectivity index (χ1n) is 6.25. The molecular weight excluding hydrogens is 270 g/mol. The molecule has 0 radical (unpaired) electrons. The highest BCUT2D eigenvalue weighted by Crippen LogP contribution is 2.29. The predicted molar refractivity (Wildman–Crippen MR) is 76.2 cm³/mol. The van der Waals surface area contributed by atoms with E-state index in [0.717, 1.165) is 0 Å². The van der Waals surface area contributed by atoms with E-state index in [4.69, 9.17) is 9.47 Å². The zero-order valence-electron chi connectivity index (χ0n) is 11.7. The number of aromatic nitrogens is 1. The fraction of sp³-hybridized carbons (Fsp3) is 0.200. The van der Waals surface area contributed by atoms with E-state index in [9.17, 15) is 10.1 Å². The molecule has 0 unspecified atom stereocenters. The lowest BCUT2D eigenvalue weighted by Gasteiger charge is -2.15. The van der Waals surface area contributed by atoms with Gasteiger partial charge in [-0.25, -0.2) is 0 Å². The number of amides is 1. The van der Waals surface area contributed by atoms with Gasteiger partial charge in [0.25, 0.3) is 5.91 Å². The van der Waals surface area contributed by atoms with Gasteiger partial charge in [0.1, 0.15) is 23.2 Å². The zero-order chi connectivity index (χ0) is 15.2. The number of nitriles is 1. The number of carbonyl (C=O) groups excluding carboxylic acids is 1. The van der Waals surface area contributed by atoms with Gasteiger partial charge in [0.15, 0.2) is 0 Å². The third-order valence-corrected chi connectivity index (χ3v) is 3.00. The van der Waals surface area contributed by atoms with Gasteiger partial charge >= 0.3 is 0 Å². The van der Waals surface area contributed by atoms with Gasteiger partial charge in [-0.05, 0) is 24.3 Å². The standard InChI is InChI=1S/C15H15N3O3/c1-20-10-5-6-11(14(8-10)21-2)13(9-16)18-15(19)12-4-3-7-17-12/h3-8,13,17H,1-2H3,(H,18,19)/t13-/m0/s1. The maximum Gasteiger partial charge on any atom is 0.268 e.